The molecule has 1 fully saturated rings. The molecule has 0 unspecified atom stereocenters. The van der Waals surface area contributed by atoms with E-state index in [4.69, 9.17) is 5.73 Å². The molecule has 5 heteroatoms. The van der Waals surface area contributed by atoms with Crippen molar-refractivity contribution in [3.05, 3.63) is 0 Å². The van der Waals surface area contributed by atoms with Crippen LogP contribution in [0.4, 0.5) is 0 Å². The Balaban J connectivity index is 2.52. The second-order valence-corrected chi connectivity index (χ2v) is 6.06. The molecule has 1 saturated carbocycles. The molecule has 14 heavy (non-hydrogen) atoms. The van der Waals surface area contributed by atoms with Crippen LogP contribution in [0.15, 0.2) is 0 Å². The van der Waals surface area contributed by atoms with Crippen LogP contribution in [0.25, 0.3) is 0 Å². The summed E-state index contributed by atoms with van der Waals surface area (Å²) in [5.74, 6) is 0.191. The van der Waals surface area contributed by atoms with Crippen molar-refractivity contribution in [1.82, 2.24) is 4.31 Å². The van der Waals surface area contributed by atoms with E-state index < -0.39 is 10.0 Å². The number of hydrogen-bond donors (Lipinski definition) is 1. The highest BCUT2D eigenvalue weighted by Gasteiger charge is 2.27. The van der Waals surface area contributed by atoms with Gasteiger partial charge in [0.1, 0.15) is 0 Å². The van der Waals surface area contributed by atoms with Crippen molar-refractivity contribution in [3.8, 4) is 0 Å². The van der Waals surface area contributed by atoms with Gasteiger partial charge in [0.15, 0.2) is 0 Å². The predicted molar refractivity (Wildman–Crippen MR) is 57.5 cm³/mol. The van der Waals surface area contributed by atoms with Crippen LogP contribution >= 0.6 is 0 Å². The van der Waals surface area contributed by atoms with Crippen LogP contribution in [-0.4, -0.2) is 38.1 Å². The summed E-state index contributed by atoms with van der Waals surface area (Å²) in [7, 11) is -1.36. The van der Waals surface area contributed by atoms with Gasteiger partial charge in [-0.15, -0.1) is 0 Å². The predicted octanol–water partition coefficient (Wildman–Crippen LogP) is 0.539. The molecule has 0 aromatic carbocycles. The highest BCUT2D eigenvalue weighted by molar-refractivity contribution is 7.89. The molecule has 84 valence electrons. The maximum atomic E-state index is 11.7. The fraction of sp³-hybridized carbons (Fsp3) is 1.00. The zero-order valence-electron chi connectivity index (χ0n) is 8.78. The standard InChI is InChI=1S/C9H20N2O2S/c1-11(9-5-2-3-6-9)14(12,13)8-4-7-10/h9H,2-8,10H2,1H3. The van der Waals surface area contributed by atoms with Gasteiger partial charge in [-0.1, -0.05) is 12.8 Å². The lowest BCUT2D eigenvalue weighted by Crippen LogP contribution is -2.37. The molecule has 0 saturated heterocycles. The fourth-order valence-electron chi connectivity index (χ4n) is 1.90. The Hall–Kier alpha value is -0.130. The molecule has 0 bridgehead atoms. The van der Waals surface area contributed by atoms with Crippen molar-refractivity contribution < 1.29 is 8.42 Å². The van der Waals surface area contributed by atoms with Crippen LogP contribution in [0.5, 0.6) is 0 Å². The van der Waals surface area contributed by atoms with Gasteiger partial charge in [-0.25, -0.2) is 12.7 Å². The fourth-order valence-corrected chi connectivity index (χ4v) is 3.39. The molecule has 0 heterocycles. The average Bonchev–Trinajstić information content (AvgIpc) is 2.66. The molecule has 1 aliphatic carbocycles. The summed E-state index contributed by atoms with van der Waals surface area (Å²) < 4.78 is 25.0. The molecule has 0 aromatic rings. The third kappa shape index (κ3) is 2.93. The van der Waals surface area contributed by atoms with Crippen LogP contribution in [0.1, 0.15) is 32.1 Å². The van der Waals surface area contributed by atoms with E-state index in [-0.39, 0.29) is 11.8 Å². The second-order valence-electron chi connectivity index (χ2n) is 3.91. The summed E-state index contributed by atoms with van der Waals surface area (Å²) in [6, 6.07) is 0.234. The minimum absolute atomic E-state index is 0.191. The van der Waals surface area contributed by atoms with Crippen molar-refractivity contribution in [2.24, 2.45) is 5.73 Å². The molecule has 4 nitrogen and oxygen atoms in total. The van der Waals surface area contributed by atoms with Gasteiger partial charge in [-0.2, -0.15) is 0 Å². The number of rotatable bonds is 5. The van der Waals surface area contributed by atoms with Gasteiger partial charge in [0.05, 0.1) is 5.75 Å². The van der Waals surface area contributed by atoms with E-state index in [1.54, 1.807) is 11.4 Å². The lowest BCUT2D eigenvalue weighted by molar-refractivity contribution is 0.372. The van der Waals surface area contributed by atoms with Crippen molar-refractivity contribution in [2.45, 2.75) is 38.1 Å². The molecule has 2 N–H and O–H groups in total. The summed E-state index contributed by atoms with van der Waals surface area (Å²) in [6.45, 7) is 0.442. The van der Waals surface area contributed by atoms with Crippen molar-refractivity contribution in [3.63, 3.8) is 0 Å². The molecule has 1 rings (SSSR count). The summed E-state index contributed by atoms with van der Waals surface area (Å²) >= 11 is 0. The van der Waals surface area contributed by atoms with Gasteiger partial charge in [0.25, 0.3) is 0 Å². The maximum Gasteiger partial charge on any atom is 0.214 e. The van der Waals surface area contributed by atoms with Gasteiger partial charge in [-0.05, 0) is 25.8 Å². The van der Waals surface area contributed by atoms with E-state index in [0.29, 0.717) is 13.0 Å². The second kappa shape index (κ2) is 5.09. The van der Waals surface area contributed by atoms with Crippen LogP contribution in [0.2, 0.25) is 0 Å². The first-order chi connectivity index (χ1) is 6.58. The third-order valence-corrected chi connectivity index (χ3v) is 4.86. The first-order valence-electron chi connectivity index (χ1n) is 5.23. The van der Waals surface area contributed by atoms with Gasteiger partial charge in [0, 0.05) is 13.1 Å². The molecular weight excluding hydrogens is 200 g/mol. The van der Waals surface area contributed by atoms with Crippen molar-refractivity contribution >= 4 is 10.0 Å². The Morgan fingerprint density at radius 2 is 1.93 bits per heavy atom. The first kappa shape index (κ1) is 11.9. The Kier molecular flexibility index (Phi) is 4.34. The zero-order chi connectivity index (χ0) is 10.6. The molecule has 0 aromatic heterocycles. The molecule has 1 aliphatic rings. The van der Waals surface area contributed by atoms with Gasteiger partial charge in [-0.3, -0.25) is 0 Å². The lowest BCUT2D eigenvalue weighted by Gasteiger charge is -2.23. The van der Waals surface area contributed by atoms with Crippen LogP contribution in [-0.2, 0) is 10.0 Å². The molecule has 0 amide bonds. The average molecular weight is 220 g/mol. The van der Waals surface area contributed by atoms with Crippen LogP contribution in [0.3, 0.4) is 0 Å². The SMILES string of the molecule is CN(C1CCCC1)S(=O)(=O)CCCN. The molecule has 0 atom stereocenters. The summed E-state index contributed by atoms with van der Waals surface area (Å²) in [5, 5.41) is 0. The van der Waals surface area contributed by atoms with E-state index in [9.17, 15) is 8.42 Å². The minimum atomic E-state index is -3.05. The van der Waals surface area contributed by atoms with E-state index in [2.05, 4.69) is 0 Å². The van der Waals surface area contributed by atoms with E-state index >= 15 is 0 Å². The van der Waals surface area contributed by atoms with Crippen molar-refractivity contribution in [2.75, 3.05) is 19.3 Å². The van der Waals surface area contributed by atoms with Crippen molar-refractivity contribution in [1.29, 1.82) is 0 Å². The highest BCUT2D eigenvalue weighted by Crippen LogP contribution is 2.24. The molecular formula is C9H20N2O2S. The van der Waals surface area contributed by atoms with Crippen LogP contribution < -0.4 is 5.73 Å². The summed E-state index contributed by atoms with van der Waals surface area (Å²) in [4.78, 5) is 0. The number of sulfonamides is 1. The van der Waals surface area contributed by atoms with Gasteiger partial charge < -0.3 is 5.73 Å². The molecule has 0 aliphatic heterocycles. The first-order valence-corrected chi connectivity index (χ1v) is 6.84. The number of hydrogen-bond acceptors (Lipinski definition) is 3. The highest BCUT2D eigenvalue weighted by atomic mass is 32.2. The zero-order valence-corrected chi connectivity index (χ0v) is 9.59. The van der Waals surface area contributed by atoms with E-state index in [1.165, 1.54) is 0 Å². The molecule has 0 spiro atoms. The molecule has 0 radical (unpaired) electrons. The Labute approximate surface area is 86.5 Å². The number of nitrogens with two attached hydrogens (primary N) is 1. The maximum absolute atomic E-state index is 11.7. The monoisotopic (exact) mass is 220 g/mol. The Bertz CT molecular complexity index is 258. The van der Waals surface area contributed by atoms with Gasteiger partial charge in [0.2, 0.25) is 10.0 Å². The summed E-state index contributed by atoms with van der Waals surface area (Å²) in [6.07, 6.45) is 4.89. The Morgan fingerprint density at radius 1 is 1.36 bits per heavy atom. The Morgan fingerprint density at radius 3 is 2.43 bits per heavy atom. The number of nitrogens with zero attached hydrogens (tertiary/aromatic N) is 1. The van der Waals surface area contributed by atoms with Gasteiger partial charge >= 0.3 is 0 Å². The van der Waals surface area contributed by atoms with E-state index in [0.717, 1.165) is 25.7 Å². The lowest BCUT2D eigenvalue weighted by atomic mass is 10.3. The van der Waals surface area contributed by atoms with Crippen LogP contribution in [0, 0.1) is 0 Å². The van der Waals surface area contributed by atoms with E-state index in [1.807, 2.05) is 0 Å². The topological polar surface area (TPSA) is 63.4 Å². The summed E-state index contributed by atoms with van der Waals surface area (Å²) in [5.41, 5.74) is 5.31. The smallest absolute Gasteiger partial charge is 0.214 e. The normalized spacial score (nSPS) is 19.4. The largest absolute Gasteiger partial charge is 0.330 e. The minimum Gasteiger partial charge on any atom is -0.330 e. The quantitative estimate of drug-likeness (QED) is 0.735. The third-order valence-electron chi connectivity index (χ3n) is 2.88.